The van der Waals surface area contributed by atoms with Gasteiger partial charge in [-0.05, 0) is 93.6 Å². The lowest BCUT2D eigenvalue weighted by Gasteiger charge is -2.49. The van der Waals surface area contributed by atoms with Crippen LogP contribution < -0.4 is 25.9 Å². The summed E-state index contributed by atoms with van der Waals surface area (Å²) in [6.07, 6.45) is 12.8. The highest BCUT2D eigenvalue weighted by atomic mass is 32.2. The molecule has 1 saturated carbocycles. The minimum Gasteiger partial charge on any atom is -0.477 e. The number of fused-ring (bicyclic) bond motifs is 1. The maximum atomic E-state index is 12.0. The number of nitriles is 1. The molecular formula is C36H47BN5O4PS. The molecule has 6 rings (SSSR count). The highest BCUT2D eigenvalue weighted by molar-refractivity contribution is 7.90. The predicted molar refractivity (Wildman–Crippen MR) is 194 cm³/mol. The molecular weight excluding hydrogens is 640 g/mol. The SMILES string of the molecule is [B]C(C)(P)Cn1c(C#CCNc2ccc(S(C)(=O)=O)cc2OCC#N)cc2c1=CCCC=2NC1CCC(N2CCC3(CC2)COC3)CC1. The largest absolute Gasteiger partial charge is 0.477 e. The smallest absolute Gasteiger partial charge is 0.175 e. The van der Waals surface area contributed by atoms with Crippen LogP contribution in [0, 0.1) is 28.6 Å². The number of anilines is 1. The van der Waals surface area contributed by atoms with Crippen LogP contribution in [-0.4, -0.2) is 88.6 Å². The van der Waals surface area contributed by atoms with Crippen LogP contribution in [0.5, 0.6) is 5.75 Å². The van der Waals surface area contributed by atoms with E-state index in [1.54, 1.807) is 6.07 Å². The number of nitrogens with zero attached hydrogens (tertiary/aromatic N) is 3. The Balaban J connectivity index is 1.16. The quantitative estimate of drug-likeness (QED) is 0.223. The molecule has 2 radical (unpaired) electrons. The second kappa shape index (κ2) is 14.5. The van der Waals surface area contributed by atoms with Crippen LogP contribution >= 0.6 is 9.24 Å². The van der Waals surface area contributed by atoms with Gasteiger partial charge >= 0.3 is 0 Å². The number of aromatic nitrogens is 1. The fourth-order valence-electron chi connectivity index (χ4n) is 7.54. The highest BCUT2D eigenvalue weighted by Crippen LogP contribution is 2.40. The van der Waals surface area contributed by atoms with Crippen LogP contribution in [-0.2, 0) is 21.1 Å². The average molecular weight is 688 g/mol. The number of likely N-dealkylation sites (tertiary alicyclic amines) is 1. The normalized spacial score (nSPS) is 23.3. The monoisotopic (exact) mass is 687 g/mol. The number of ether oxygens (including phenoxy) is 2. The summed E-state index contributed by atoms with van der Waals surface area (Å²) >= 11 is 0. The molecule has 2 saturated heterocycles. The number of benzene rings is 1. The lowest BCUT2D eigenvalue weighted by molar-refractivity contribution is -0.143. The third-order valence-corrected chi connectivity index (χ3v) is 11.5. The van der Waals surface area contributed by atoms with E-state index in [2.05, 4.69) is 53.3 Å². The Labute approximate surface area is 289 Å². The molecule has 12 heteroatoms. The van der Waals surface area contributed by atoms with Crippen molar-refractivity contribution in [2.75, 3.05) is 51.0 Å². The van der Waals surface area contributed by atoms with Gasteiger partial charge in [0, 0.05) is 52.6 Å². The van der Waals surface area contributed by atoms with E-state index < -0.39 is 14.9 Å². The molecule has 3 fully saturated rings. The maximum Gasteiger partial charge on any atom is 0.175 e. The predicted octanol–water partition coefficient (Wildman–Crippen LogP) is 2.71. The summed E-state index contributed by atoms with van der Waals surface area (Å²) in [7, 11) is 5.82. The molecule has 4 aliphatic rings. The molecule has 2 aromatic rings. The number of hydrogen-bond donors (Lipinski definition) is 2. The van der Waals surface area contributed by atoms with Crippen LogP contribution in [0.4, 0.5) is 5.69 Å². The van der Waals surface area contributed by atoms with E-state index in [0.717, 1.165) is 38.0 Å². The van der Waals surface area contributed by atoms with Crippen LogP contribution in [0.3, 0.4) is 0 Å². The van der Waals surface area contributed by atoms with Gasteiger partial charge in [-0.2, -0.15) is 5.26 Å². The van der Waals surface area contributed by atoms with Crippen LogP contribution in [0.25, 0.3) is 11.8 Å². The van der Waals surface area contributed by atoms with Crippen LogP contribution in [0.15, 0.2) is 29.2 Å². The number of piperidine rings is 1. The molecule has 1 aromatic carbocycles. The fourth-order valence-corrected chi connectivity index (χ4v) is 8.35. The first-order chi connectivity index (χ1) is 22.9. The van der Waals surface area contributed by atoms with Gasteiger partial charge in [-0.3, -0.25) is 0 Å². The van der Waals surface area contributed by atoms with E-state index in [-0.39, 0.29) is 11.5 Å². The zero-order valence-corrected chi connectivity index (χ0v) is 30.2. The number of rotatable bonds is 10. The summed E-state index contributed by atoms with van der Waals surface area (Å²) in [6, 6.07) is 9.90. The Morgan fingerprint density at radius 3 is 2.58 bits per heavy atom. The molecule has 2 unspecified atom stereocenters. The van der Waals surface area contributed by atoms with Gasteiger partial charge < -0.3 is 29.6 Å². The molecule has 254 valence electrons. The lowest BCUT2D eigenvalue weighted by Crippen LogP contribution is -2.54. The van der Waals surface area contributed by atoms with Crippen molar-refractivity contribution in [1.82, 2.24) is 14.8 Å². The summed E-state index contributed by atoms with van der Waals surface area (Å²) in [5.41, 5.74) is 3.26. The number of nitrogens with one attached hydrogen (secondary N) is 2. The standard InChI is InChI=1S/C36H47BN5O4PS/c1-35(37,47)23-42-28(5-4-17-39-32-13-12-29(48(2,43)44)22-34(32)46-20-16-38)21-30-31(6-3-7-33(30)42)40-26-8-10-27(11-9-26)41-18-14-36(15-19-41)24-45-25-36/h7,12-13,21-22,26-27,39-40H,3,6,8-11,14-15,17-20,23-25,47H2,1-2H3. The zero-order valence-electron chi connectivity index (χ0n) is 28.2. The summed E-state index contributed by atoms with van der Waals surface area (Å²) < 4.78 is 37.4. The fraction of sp³-hybridized carbons (Fsp3) is 0.583. The molecule has 2 aliphatic heterocycles. The molecule has 9 nitrogen and oxygen atoms in total. The average Bonchev–Trinajstić information content (AvgIpc) is 3.38. The van der Waals surface area contributed by atoms with Gasteiger partial charge in [-0.25, -0.2) is 8.42 Å². The van der Waals surface area contributed by atoms with Gasteiger partial charge in [0.2, 0.25) is 0 Å². The first kappa shape index (κ1) is 34.9. The van der Waals surface area contributed by atoms with Crippen molar-refractivity contribution < 1.29 is 17.9 Å². The molecule has 1 spiro atoms. The van der Waals surface area contributed by atoms with Gasteiger partial charge in [0.05, 0.1) is 43.9 Å². The third-order valence-electron chi connectivity index (χ3n) is 10.2. The first-order valence-corrected chi connectivity index (χ1v) is 19.6. The van der Waals surface area contributed by atoms with Crippen molar-refractivity contribution in [1.29, 1.82) is 5.26 Å². The minimum absolute atomic E-state index is 0.127. The topological polar surface area (TPSA) is 109 Å². The summed E-state index contributed by atoms with van der Waals surface area (Å²) in [5, 5.41) is 18.1. The van der Waals surface area contributed by atoms with Gasteiger partial charge in [0.25, 0.3) is 0 Å². The first-order valence-electron chi connectivity index (χ1n) is 17.1. The Bertz CT molecular complexity index is 1830. The highest BCUT2D eigenvalue weighted by Gasteiger charge is 2.42. The van der Waals surface area contributed by atoms with Gasteiger partial charge in [0.15, 0.2) is 16.4 Å². The minimum atomic E-state index is -3.42. The van der Waals surface area contributed by atoms with Crippen LogP contribution in [0.2, 0.25) is 0 Å². The van der Waals surface area contributed by atoms with Crippen molar-refractivity contribution >= 4 is 44.4 Å². The number of hydrogen-bond acceptors (Lipinski definition) is 8. The van der Waals surface area contributed by atoms with Gasteiger partial charge in [0.1, 0.15) is 11.8 Å². The second-order valence-electron chi connectivity index (χ2n) is 14.4. The van der Waals surface area contributed by atoms with Crippen molar-refractivity contribution in [3.63, 3.8) is 0 Å². The second-order valence-corrected chi connectivity index (χ2v) is 17.7. The summed E-state index contributed by atoms with van der Waals surface area (Å²) in [6.45, 7) is 7.07. The van der Waals surface area contributed by atoms with E-state index in [9.17, 15) is 8.42 Å². The Morgan fingerprint density at radius 2 is 1.94 bits per heavy atom. The molecule has 3 heterocycles. The Kier molecular flexibility index (Phi) is 10.5. The van der Waals surface area contributed by atoms with E-state index in [4.69, 9.17) is 22.6 Å². The summed E-state index contributed by atoms with van der Waals surface area (Å²) in [5.74, 6) is 6.89. The zero-order chi connectivity index (χ0) is 33.9. The molecule has 2 N–H and O–H groups in total. The van der Waals surface area contributed by atoms with E-state index in [1.807, 2.05) is 13.0 Å². The summed E-state index contributed by atoms with van der Waals surface area (Å²) in [4.78, 5) is 2.88. The van der Waals surface area contributed by atoms with E-state index in [0.29, 0.717) is 42.0 Å². The molecule has 0 bridgehead atoms. The van der Waals surface area contributed by atoms with E-state index >= 15 is 0 Å². The van der Waals surface area contributed by atoms with Crippen molar-refractivity contribution in [2.24, 2.45) is 5.41 Å². The maximum absolute atomic E-state index is 12.0. The number of sulfone groups is 1. The molecule has 48 heavy (non-hydrogen) atoms. The van der Waals surface area contributed by atoms with Crippen molar-refractivity contribution in [2.45, 2.75) is 86.9 Å². The molecule has 1 aromatic heterocycles. The Hall–Kier alpha value is -2.95. The molecule has 2 aliphatic carbocycles. The van der Waals surface area contributed by atoms with Crippen LogP contribution in [0.1, 0.15) is 64.0 Å². The van der Waals surface area contributed by atoms with E-state index in [1.165, 1.54) is 80.0 Å². The lowest BCUT2D eigenvalue weighted by atomic mass is 9.76. The Morgan fingerprint density at radius 1 is 1.19 bits per heavy atom. The van der Waals surface area contributed by atoms with Crippen molar-refractivity contribution in [3.8, 4) is 23.7 Å². The van der Waals surface area contributed by atoms with Crippen molar-refractivity contribution in [3.05, 3.63) is 40.5 Å². The molecule has 0 amide bonds. The molecule has 2 atom stereocenters. The third kappa shape index (κ3) is 8.25. The van der Waals surface area contributed by atoms with Gasteiger partial charge in [-0.15, -0.1) is 9.24 Å². The van der Waals surface area contributed by atoms with Gasteiger partial charge in [-0.1, -0.05) is 18.9 Å².